The Bertz CT molecular complexity index is 628. The van der Waals surface area contributed by atoms with E-state index >= 15 is 0 Å². The van der Waals surface area contributed by atoms with Gasteiger partial charge in [-0.3, -0.25) is 9.59 Å². The van der Waals surface area contributed by atoms with Gasteiger partial charge < -0.3 is 9.80 Å². The lowest BCUT2D eigenvalue weighted by atomic mass is 9.95. The van der Waals surface area contributed by atoms with Gasteiger partial charge in [0, 0.05) is 42.7 Å². The van der Waals surface area contributed by atoms with Crippen molar-refractivity contribution in [1.29, 1.82) is 0 Å². The average molecular weight is 353 g/mol. The summed E-state index contributed by atoms with van der Waals surface area (Å²) >= 11 is 6.08. The first-order chi connectivity index (χ1) is 11.5. The van der Waals surface area contributed by atoms with Crippen molar-refractivity contribution in [2.45, 2.75) is 45.2 Å². The fraction of sp³-hybridized carbons (Fsp3) is 0.556. The predicted molar refractivity (Wildman–Crippen MR) is 90.0 cm³/mol. The van der Waals surface area contributed by atoms with Crippen LogP contribution in [0.4, 0.5) is 4.39 Å². The number of hydrogen-bond donors (Lipinski definition) is 0. The molecule has 1 aliphatic carbocycles. The van der Waals surface area contributed by atoms with Gasteiger partial charge in [-0.15, -0.1) is 0 Å². The number of hydrogen-bond acceptors (Lipinski definition) is 2. The molecule has 0 N–H and O–H groups in total. The van der Waals surface area contributed by atoms with E-state index in [0.29, 0.717) is 42.6 Å². The number of carbonyl (C=O) groups excluding carboxylic acids is 2. The summed E-state index contributed by atoms with van der Waals surface area (Å²) < 4.78 is 14.0. The minimum absolute atomic E-state index is 0.0185. The zero-order chi connectivity index (χ0) is 17.3. The fourth-order valence-electron chi connectivity index (χ4n) is 3.29. The molecule has 0 radical (unpaired) electrons. The van der Waals surface area contributed by atoms with E-state index in [1.807, 2.05) is 11.8 Å². The molecule has 1 aromatic rings. The highest BCUT2D eigenvalue weighted by molar-refractivity contribution is 6.31. The minimum Gasteiger partial charge on any atom is -0.339 e. The number of carbonyl (C=O) groups is 2. The van der Waals surface area contributed by atoms with Gasteiger partial charge in [0.05, 0.1) is 5.92 Å². The molecule has 1 heterocycles. The maximum absolute atomic E-state index is 14.0. The Balaban J connectivity index is 1.71. The second-order valence-corrected chi connectivity index (χ2v) is 6.97. The van der Waals surface area contributed by atoms with E-state index < -0.39 is 5.82 Å². The van der Waals surface area contributed by atoms with Crippen molar-refractivity contribution < 1.29 is 14.0 Å². The van der Waals surface area contributed by atoms with Crippen molar-refractivity contribution in [2.75, 3.05) is 13.1 Å². The SMILES string of the molecule is CCN(Cc1c(F)cccc1Cl)C(=O)C1CCC(=O)N(C2CC2)C1. The standard InChI is InChI=1S/C18H22ClFN2O2/c1-2-21(11-14-15(19)4-3-5-16(14)20)18(24)12-6-9-17(23)22(10-12)13-7-8-13/h3-5,12-13H,2,6-11H2,1H3. The van der Waals surface area contributed by atoms with Crippen molar-refractivity contribution >= 4 is 23.4 Å². The zero-order valence-electron chi connectivity index (χ0n) is 13.8. The summed E-state index contributed by atoms with van der Waals surface area (Å²) in [5, 5.41) is 0.333. The molecule has 1 aliphatic heterocycles. The number of benzene rings is 1. The molecule has 1 saturated carbocycles. The van der Waals surface area contributed by atoms with Crippen molar-refractivity contribution in [3.8, 4) is 0 Å². The molecule has 0 aromatic heterocycles. The van der Waals surface area contributed by atoms with Crippen LogP contribution in [0.1, 0.15) is 38.2 Å². The van der Waals surface area contributed by atoms with E-state index in [1.54, 1.807) is 17.0 Å². The fourth-order valence-corrected chi connectivity index (χ4v) is 3.51. The van der Waals surface area contributed by atoms with Gasteiger partial charge in [0.2, 0.25) is 11.8 Å². The van der Waals surface area contributed by atoms with Crippen LogP contribution in [-0.2, 0) is 16.1 Å². The van der Waals surface area contributed by atoms with E-state index in [-0.39, 0.29) is 24.3 Å². The molecule has 2 fully saturated rings. The highest BCUT2D eigenvalue weighted by Crippen LogP contribution is 2.32. The Hall–Kier alpha value is -1.62. The van der Waals surface area contributed by atoms with Crippen molar-refractivity contribution in [1.82, 2.24) is 9.80 Å². The predicted octanol–water partition coefficient (Wildman–Crippen LogP) is 3.23. The van der Waals surface area contributed by atoms with E-state index in [0.717, 1.165) is 12.8 Å². The van der Waals surface area contributed by atoms with Crippen LogP contribution < -0.4 is 0 Å². The van der Waals surface area contributed by atoms with Gasteiger partial charge in [-0.25, -0.2) is 4.39 Å². The minimum atomic E-state index is -0.396. The number of piperidine rings is 1. The lowest BCUT2D eigenvalue weighted by Crippen LogP contribution is -2.47. The summed E-state index contributed by atoms with van der Waals surface area (Å²) in [4.78, 5) is 28.4. The van der Waals surface area contributed by atoms with Gasteiger partial charge in [-0.05, 0) is 38.3 Å². The highest BCUT2D eigenvalue weighted by atomic mass is 35.5. The Morgan fingerprint density at radius 2 is 2.12 bits per heavy atom. The molecular weight excluding hydrogens is 331 g/mol. The van der Waals surface area contributed by atoms with Gasteiger partial charge in [0.15, 0.2) is 0 Å². The third-order valence-corrected chi connectivity index (χ3v) is 5.24. The van der Waals surface area contributed by atoms with Crippen LogP contribution in [0.5, 0.6) is 0 Å². The molecule has 6 heteroatoms. The van der Waals surface area contributed by atoms with Crippen molar-refractivity contribution in [3.63, 3.8) is 0 Å². The van der Waals surface area contributed by atoms with E-state index in [1.165, 1.54) is 6.07 Å². The summed E-state index contributed by atoms with van der Waals surface area (Å²) in [5.41, 5.74) is 0.348. The topological polar surface area (TPSA) is 40.6 Å². The second-order valence-electron chi connectivity index (χ2n) is 6.57. The lowest BCUT2D eigenvalue weighted by Gasteiger charge is -2.35. The summed E-state index contributed by atoms with van der Waals surface area (Å²) in [6.07, 6.45) is 3.07. The maximum Gasteiger partial charge on any atom is 0.227 e. The normalized spacial score (nSPS) is 21.0. The average Bonchev–Trinajstić information content (AvgIpc) is 3.39. The van der Waals surface area contributed by atoms with Crippen LogP contribution >= 0.6 is 11.6 Å². The molecule has 4 nitrogen and oxygen atoms in total. The molecule has 24 heavy (non-hydrogen) atoms. The summed E-state index contributed by atoms with van der Waals surface area (Å²) in [5.74, 6) is -0.460. The van der Waals surface area contributed by atoms with E-state index in [9.17, 15) is 14.0 Å². The molecule has 2 aliphatic rings. The largest absolute Gasteiger partial charge is 0.339 e. The van der Waals surface area contributed by atoms with Gasteiger partial charge >= 0.3 is 0 Å². The maximum atomic E-state index is 14.0. The van der Waals surface area contributed by atoms with E-state index in [4.69, 9.17) is 11.6 Å². The summed E-state index contributed by atoms with van der Waals surface area (Å²) in [6, 6.07) is 4.86. The Kier molecular flexibility index (Phi) is 5.09. The molecule has 1 unspecified atom stereocenters. The van der Waals surface area contributed by atoms with Crippen LogP contribution in [0.25, 0.3) is 0 Å². The first-order valence-corrected chi connectivity index (χ1v) is 8.90. The first-order valence-electron chi connectivity index (χ1n) is 8.52. The lowest BCUT2D eigenvalue weighted by molar-refractivity contribution is -0.143. The van der Waals surface area contributed by atoms with Crippen LogP contribution in [0.15, 0.2) is 18.2 Å². The van der Waals surface area contributed by atoms with Crippen LogP contribution in [0.3, 0.4) is 0 Å². The van der Waals surface area contributed by atoms with E-state index in [2.05, 4.69) is 0 Å². The number of nitrogens with zero attached hydrogens (tertiary/aromatic N) is 2. The smallest absolute Gasteiger partial charge is 0.227 e. The number of amides is 2. The number of halogens is 2. The Morgan fingerprint density at radius 3 is 2.75 bits per heavy atom. The quantitative estimate of drug-likeness (QED) is 0.816. The molecule has 2 amide bonds. The monoisotopic (exact) mass is 352 g/mol. The zero-order valence-corrected chi connectivity index (χ0v) is 14.6. The van der Waals surface area contributed by atoms with Gasteiger partial charge in [0.25, 0.3) is 0 Å². The molecule has 1 aromatic carbocycles. The van der Waals surface area contributed by atoms with Crippen LogP contribution in [-0.4, -0.2) is 40.7 Å². The third kappa shape index (κ3) is 3.56. The molecule has 1 atom stereocenters. The second kappa shape index (κ2) is 7.09. The van der Waals surface area contributed by atoms with Crippen LogP contribution in [0, 0.1) is 11.7 Å². The molecule has 0 spiro atoms. The molecule has 3 rings (SSSR count). The summed E-state index contributed by atoms with van der Waals surface area (Å²) in [6.45, 7) is 3.01. The molecule has 0 bridgehead atoms. The van der Waals surface area contributed by atoms with Crippen LogP contribution in [0.2, 0.25) is 5.02 Å². The third-order valence-electron chi connectivity index (χ3n) is 4.89. The van der Waals surface area contributed by atoms with Gasteiger partial charge in [-0.1, -0.05) is 17.7 Å². The number of rotatable bonds is 5. The van der Waals surface area contributed by atoms with Crippen molar-refractivity contribution in [2.24, 2.45) is 5.92 Å². The Morgan fingerprint density at radius 1 is 1.38 bits per heavy atom. The summed E-state index contributed by atoms with van der Waals surface area (Å²) in [7, 11) is 0. The van der Waals surface area contributed by atoms with Crippen molar-refractivity contribution in [3.05, 3.63) is 34.6 Å². The Labute approximate surface area is 146 Å². The molecule has 1 saturated heterocycles. The number of likely N-dealkylation sites (tertiary alicyclic amines) is 1. The van der Waals surface area contributed by atoms with Gasteiger partial charge in [-0.2, -0.15) is 0 Å². The first kappa shape index (κ1) is 17.2. The van der Waals surface area contributed by atoms with Gasteiger partial charge in [0.1, 0.15) is 5.82 Å². The molecule has 130 valence electrons. The molecular formula is C18H22ClFN2O2. The highest BCUT2D eigenvalue weighted by Gasteiger charge is 2.39.